The van der Waals surface area contributed by atoms with Crippen LogP contribution < -0.4 is 5.73 Å². The molecule has 0 aliphatic heterocycles. The van der Waals surface area contributed by atoms with Gasteiger partial charge in [-0.15, -0.1) is 0 Å². The second-order valence-corrected chi connectivity index (χ2v) is 5.12. The second kappa shape index (κ2) is 4.97. The van der Waals surface area contributed by atoms with E-state index >= 15 is 0 Å². The van der Waals surface area contributed by atoms with Crippen molar-refractivity contribution < 1.29 is 9.53 Å². The number of hydrogen-bond acceptors (Lipinski definition) is 3. The first kappa shape index (κ1) is 12.5. The maximum absolute atomic E-state index is 12.0. The van der Waals surface area contributed by atoms with Crippen LogP contribution in [0.1, 0.15) is 46.5 Å². The Hall–Kier alpha value is -0.570. The zero-order valence-electron chi connectivity index (χ0n) is 10.1. The lowest BCUT2D eigenvalue weighted by Crippen LogP contribution is -2.43. The van der Waals surface area contributed by atoms with Crippen molar-refractivity contribution in [2.75, 3.05) is 6.54 Å². The summed E-state index contributed by atoms with van der Waals surface area (Å²) in [5.41, 5.74) is 5.37. The number of rotatable bonds is 3. The predicted molar refractivity (Wildman–Crippen MR) is 60.3 cm³/mol. The maximum Gasteiger partial charge on any atom is 0.313 e. The molecule has 0 aromatic heterocycles. The average molecular weight is 213 g/mol. The fraction of sp³-hybridized carbons (Fsp3) is 0.917. The normalized spacial score (nSPS) is 31.7. The van der Waals surface area contributed by atoms with E-state index in [1.54, 1.807) is 0 Å². The number of esters is 1. The highest BCUT2D eigenvalue weighted by Crippen LogP contribution is 2.39. The molecule has 0 amide bonds. The van der Waals surface area contributed by atoms with Crippen LogP contribution in [0.4, 0.5) is 0 Å². The van der Waals surface area contributed by atoms with Crippen LogP contribution in [-0.4, -0.2) is 18.6 Å². The summed E-state index contributed by atoms with van der Waals surface area (Å²) in [7, 11) is 0. The number of carbonyl (C=O) groups is 1. The van der Waals surface area contributed by atoms with Crippen molar-refractivity contribution in [1.29, 1.82) is 0 Å². The van der Waals surface area contributed by atoms with Gasteiger partial charge >= 0.3 is 5.97 Å². The number of ether oxygens (including phenoxy) is 1. The third kappa shape index (κ3) is 2.94. The van der Waals surface area contributed by atoms with E-state index in [4.69, 9.17) is 10.5 Å². The highest BCUT2D eigenvalue weighted by atomic mass is 16.5. The molecule has 0 bridgehead atoms. The van der Waals surface area contributed by atoms with Gasteiger partial charge in [0, 0.05) is 6.54 Å². The van der Waals surface area contributed by atoms with E-state index in [2.05, 4.69) is 6.92 Å². The molecule has 0 radical (unpaired) electrons. The van der Waals surface area contributed by atoms with Gasteiger partial charge in [-0.3, -0.25) is 4.79 Å². The summed E-state index contributed by atoms with van der Waals surface area (Å²) in [6.07, 6.45) is 3.90. The standard InChI is InChI=1S/C12H23NO2/c1-9(2)15-11(14)12(8-13)6-4-10(3)5-7-12/h9-10H,4-8,13H2,1-3H3. The number of hydrogen-bond donors (Lipinski definition) is 1. The van der Waals surface area contributed by atoms with E-state index in [-0.39, 0.29) is 12.1 Å². The monoisotopic (exact) mass is 213 g/mol. The maximum atomic E-state index is 12.0. The van der Waals surface area contributed by atoms with Gasteiger partial charge < -0.3 is 10.5 Å². The first-order valence-electron chi connectivity index (χ1n) is 5.91. The molecule has 2 N–H and O–H groups in total. The van der Waals surface area contributed by atoms with E-state index in [0.717, 1.165) is 31.6 Å². The number of carbonyl (C=O) groups excluding carboxylic acids is 1. The molecule has 1 aliphatic rings. The Labute approximate surface area is 92.4 Å². The molecule has 1 aliphatic carbocycles. The Morgan fingerprint density at radius 1 is 1.47 bits per heavy atom. The third-order valence-corrected chi connectivity index (χ3v) is 3.40. The summed E-state index contributed by atoms with van der Waals surface area (Å²) in [6.45, 7) is 6.42. The Kier molecular flexibility index (Phi) is 4.14. The molecule has 0 atom stereocenters. The topological polar surface area (TPSA) is 52.3 Å². The molecule has 0 unspecified atom stereocenters. The van der Waals surface area contributed by atoms with Gasteiger partial charge in [0.15, 0.2) is 0 Å². The van der Waals surface area contributed by atoms with Crippen LogP contribution in [0.3, 0.4) is 0 Å². The van der Waals surface area contributed by atoms with Gasteiger partial charge in [0.2, 0.25) is 0 Å². The van der Waals surface area contributed by atoms with E-state index < -0.39 is 5.41 Å². The highest BCUT2D eigenvalue weighted by Gasteiger charge is 2.41. The molecule has 1 saturated carbocycles. The van der Waals surface area contributed by atoms with Crippen LogP contribution in [-0.2, 0) is 9.53 Å². The minimum Gasteiger partial charge on any atom is -0.463 e. The van der Waals surface area contributed by atoms with Gasteiger partial charge in [-0.05, 0) is 45.4 Å². The van der Waals surface area contributed by atoms with Gasteiger partial charge in [-0.2, -0.15) is 0 Å². The minimum absolute atomic E-state index is 0.0414. The van der Waals surface area contributed by atoms with Crippen LogP contribution in [0.2, 0.25) is 0 Å². The zero-order valence-corrected chi connectivity index (χ0v) is 10.1. The molecule has 0 aromatic rings. The minimum atomic E-state index is -0.392. The van der Waals surface area contributed by atoms with Gasteiger partial charge in [0.05, 0.1) is 11.5 Å². The molecule has 0 aromatic carbocycles. The fourth-order valence-electron chi connectivity index (χ4n) is 2.15. The highest BCUT2D eigenvalue weighted by molar-refractivity contribution is 5.77. The Balaban J connectivity index is 2.64. The van der Waals surface area contributed by atoms with Crippen molar-refractivity contribution in [2.24, 2.45) is 17.1 Å². The van der Waals surface area contributed by atoms with E-state index in [9.17, 15) is 4.79 Å². The smallest absolute Gasteiger partial charge is 0.313 e. The molecule has 0 saturated heterocycles. The summed E-state index contributed by atoms with van der Waals surface area (Å²) < 4.78 is 5.30. The lowest BCUT2D eigenvalue weighted by Gasteiger charge is -2.36. The Bertz CT molecular complexity index is 218. The van der Waals surface area contributed by atoms with Gasteiger partial charge in [0.1, 0.15) is 0 Å². The van der Waals surface area contributed by atoms with Gasteiger partial charge in [0.25, 0.3) is 0 Å². The van der Waals surface area contributed by atoms with Crippen molar-refractivity contribution in [3.63, 3.8) is 0 Å². The quantitative estimate of drug-likeness (QED) is 0.730. The molecule has 0 spiro atoms. The molecule has 15 heavy (non-hydrogen) atoms. The second-order valence-electron chi connectivity index (χ2n) is 5.12. The lowest BCUT2D eigenvalue weighted by molar-refractivity contribution is -0.162. The fourth-order valence-corrected chi connectivity index (χ4v) is 2.15. The molecule has 0 heterocycles. The summed E-state index contributed by atoms with van der Waals surface area (Å²) >= 11 is 0. The van der Waals surface area contributed by atoms with Crippen molar-refractivity contribution >= 4 is 5.97 Å². The van der Waals surface area contributed by atoms with Gasteiger partial charge in [-0.1, -0.05) is 6.92 Å². The first-order chi connectivity index (χ1) is 7.00. The third-order valence-electron chi connectivity index (χ3n) is 3.40. The summed E-state index contributed by atoms with van der Waals surface area (Å²) in [5, 5.41) is 0. The summed E-state index contributed by atoms with van der Waals surface area (Å²) in [5.74, 6) is 0.628. The molecular formula is C12H23NO2. The molecule has 3 nitrogen and oxygen atoms in total. The predicted octanol–water partition coefficient (Wildman–Crippen LogP) is 2.09. The average Bonchev–Trinajstić information content (AvgIpc) is 2.18. The van der Waals surface area contributed by atoms with Crippen LogP contribution in [0, 0.1) is 11.3 Å². The summed E-state index contributed by atoms with van der Waals surface area (Å²) in [4.78, 5) is 12.0. The van der Waals surface area contributed by atoms with E-state index in [1.165, 1.54) is 0 Å². The zero-order chi connectivity index (χ0) is 11.5. The molecule has 88 valence electrons. The Morgan fingerprint density at radius 2 is 2.00 bits per heavy atom. The van der Waals surface area contributed by atoms with Crippen molar-refractivity contribution in [1.82, 2.24) is 0 Å². The van der Waals surface area contributed by atoms with E-state index in [0.29, 0.717) is 6.54 Å². The number of nitrogens with two attached hydrogens (primary N) is 1. The van der Waals surface area contributed by atoms with Crippen LogP contribution in [0.15, 0.2) is 0 Å². The first-order valence-corrected chi connectivity index (χ1v) is 5.91. The lowest BCUT2D eigenvalue weighted by atomic mass is 9.71. The molecule has 3 heteroatoms. The van der Waals surface area contributed by atoms with Crippen LogP contribution in [0.25, 0.3) is 0 Å². The molecule has 1 rings (SSSR count). The molecule has 1 fully saturated rings. The van der Waals surface area contributed by atoms with Crippen molar-refractivity contribution in [2.45, 2.75) is 52.6 Å². The van der Waals surface area contributed by atoms with Gasteiger partial charge in [-0.25, -0.2) is 0 Å². The van der Waals surface area contributed by atoms with E-state index in [1.807, 2.05) is 13.8 Å². The SMILES string of the molecule is CC1CCC(CN)(C(=O)OC(C)C)CC1. The summed E-state index contributed by atoms with van der Waals surface area (Å²) in [6, 6.07) is 0. The molecular weight excluding hydrogens is 190 g/mol. The largest absolute Gasteiger partial charge is 0.463 e. The van der Waals surface area contributed by atoms with Crippen molar-refractivity contribution in [3.8, 4) is 0 Å². The van der Waals surface area contributed by atoms with Crippen LogP contribution >= 0.6 is 0 Å². The van der Waals surface area contributed by atoms with Crippen LogP contribution in [0.5, 0.6) is 0 Å². The van der Waals surface area contributed by atoms with Crippen molar-refractivity contribution in [3.05, 3.63) is 0 Å². The Morgan fingerprint density at radius 3 is 2.40 bits per heavy atom.